The maximum Gasteiger partial charge on any atom is 0.0963 e. The number of rotatable bonds is 3. The fraction of sp³-hybridized carbons (Fsp3) is 0.929. The summed E-state index contributed by atoms with van der Waals surface area (Å²) in [4.78, 5) is 4.66. The van der Waals surface area contributed by atoms with Gasteiger partial charge < -0.3 is 5.32 Å². The second-order valence-corrected chi connectivity index (χ2v) is 5.55. The van der Waals surface area contributed by atoms with E-state index < -0.39 is 0 Å². The van der Waals surface area contributed by atoms with Gasteiger partial charge in [0.15, 0.2) is 0 Å². The zero-order valence-electron chi connectivity index (χ0n) is 10.7. The third-order valence-corrected chi connectivity index (χ3v) is 4.46. The monoisotopic (exact) mass is 222 g/mol. The quantitative estimate of drug-likeness (QED) is 0.776. The van der Waals surface area contributed by atoms with Crippen LogP contribution in [0.4, 0.5) is 0 Å². The highest BCUT2D eigenvalue weighted by Gasteiger charge is 2.31. The van der Waals surface area contributed by atoms with Crippen LogP contribution in [0, 0.1) is 5.41 Å². The first-order chi connectivity index (χ1) is 7.85. The van der Waals surface area contributed by atoms with Crippen LogP contribution in [0.25, 0.3) is 0 Å². The van der Waals surface area contributed by atoms with Crippen LogP contribution in [0.5, 0.6) is 0 Å². The first-order valence-corrected chi connectivity index (χ1v) is 7.12. The van der Waals surface area contributed by atoms with E-state index >= 15 is 0 Å². The van der Waals surface area contributed by atoms with Crippen LogP contribution in [0.15, 0.2) is 4.99 Å². The normalized spacial score (nSPS) is 24.9. The van der Waals surface area contributed by atoms with E-state index in [1.807, 2.05) is 0 Å². The molecule has 0 spiro atoms. The van der Waals surface area contributed by atoms with Gasteiger partial charge in [0.05, 0.1) is 5.84 Å². The maximum atomic E-state index is 4.66. The van der Waals surface area contributed by atoms with Crippen molar-refractivity contribution in [3.8, 4) is 0 Å². The molecule has 92 valence electrons. The second-order valence-electron chi connectivity index (χ2n) is 5.55. The van der Waals surface area contributed by atoms with Gasteiger partial charge in [-0.15, -0.1) is 0 Å². The Morgan fingerprint density at radius 1 is 1.12 bits per heavy atom. The Labute approximate surface area is 99.9 Å². The predicted octanol–water partition coefficient (Wildman–Crippen LogP) is 3.52. The molecule has 2 rings (SSSR count). The molecule has 0 unspecified atom stereocenters. The molecule has 2 nitrogen and oxygen atoms in total. The lowest BCUT2D eigenvalue weighted by Crippen LogP contribution is -2.35. The number of nitrogens with zero attached hydrogens (tertiary/aromatic N) is 1. The van der Waals surface area contributed by atoms with E-state index in [-0.39, 0.29) is 0 Å². The van der Waals surface area contributed by atoms with Crippen molar-refractivity contribution in [3.63, 3.8) is 0 Å². The summed E-state index contributed by atoms with van der Waals surface area (Å²) in [6, 6.07) is 0. The molecule has 0 saturated heterocycles. The van der Waals surface area contributed by atoms with Crippen LogP contribution < -0.4 is 5.32 Å². The van der Waals surface area contributed by atoms with Gasteiger partial charge in [-0.25, -0.2) is 0 Å². The first kappa shape index (κ1) is 11.9. The molecule has 0 aromatic carbocycles. The number of aliphatic imine (C=N–C) groups is 1. The van der Waals surface area contributed by atoms with E-state index in [2.05, 4.69) is 17.2 Å². The van der Waals surface area contributed by atoms with Crippen molar-refractivity contribution >= 4 is 5.84 Å². The van der Waals surface area contributed by atoms with Gasteiger partial charge in [-0.1, -0.05) is 26.2 Å². The minimum absolute atomic E-state index is 0.592. The minimum Gasteiger partial charge on any atom is -0.373 e. The molecule has 1 saturated carbocycles. The predicted molar refractivity (Wildman–Crippen MR) is 70.0 cm³/mol. The average Bonchev–Trinajstić information content (AvgIpc) is 2.63. The molecule has 0 bridgehead atoms. The smallest absolute Gasteiger partial charge is 0.0963 e. The van der Waals surface area contributed by atoms with Crippen molar-refractivity contribution in [1.29, 1.82) is 0 Å². The van der Waals surface area contributed by atoms with Gasteiger partial charge in [-0.3, -0.25) is 4.99 Å². The van der Waals surface area contributed by atoms with Gasteiger partial charge in [-0.2, -0.15) is 0 Å². The van der Waals surface area contributed by atoms with E-state index in [9.17, 15) is 0 Å². The Morgan fingerprint density at radius 2 is 1.94 bits per heavy atom. The third-order valence-electron chi connectivity index (χ3n) is 4.46. The molecule has 1 fully saturated rings. The van der Waals surface area contributed by atoms with Gasteiger partial charge in [-0.05, 0) is 37.5 Å². The topological polar surface area (TPSA) is 24.4 Å². The Morgan fingerprint density at radius 3 is 2.69 bits per heavy atom. The summed E-state index contributed by atoms with van der Waals surface area (Å²) in [5.41, 5.74) is 0.592. The summed E-state index contributed by atoms with van der Waals surface area (Å²) in [7, 11) is 0. The summed E-state index contributed by atoms with van der Waals surface area (Å²) >= 11 is 0. The molecule has 0 atom stereocenters. The summed E-state index contributed by atoms with van der Waals surface area (Å²) in [6.07, 6.45) is 12.2. The molecule has 0 radical (unpaired) electrons. The van der Waals surface area contributed by atoms with Crippen LogP contribution >= 0.6 is 0 Å². The van der Waals surface area contributed by atoms with Crippen LogP contribution in [0.1, 0.15) is 64.7 Å². The number of hydrogen-bond acceptors (Lipinski definition) is 2. The Kier molecular flexibility index (Phi) is 4.25. The Bertz CT molecular complexity index is 239. The lowest BCUT2D eigenvalue weighted by atomic mass is 9.83. The summed E-state index contributed by atoms with van der Waals surface area (Å²) in [6.45, 7) is 4.56. The van der Waals surface area contributed by atoms with Gasteiger partial charge in [0.1, 0.15) is 0 Å². The van der Waals surface area contributed by atoms with Crippen LogP contribution in [-0.2, 0) is 0 Å². The third kappa shape index (κ3) is 2.99. The lowest BCUT2D eigenvalue weighted by Gasteiger charge is -2.28. The van der Waals surface area contributed by atoms with Gasteiger partial charge >= 0.3 is 0 Å². The number of hydrogen-bond donors (Lipinski definition) is 1. The number of amidine groups is 1. The van der Waals surface area contributed by atoms with Crippen LogP contribution in [0.3, 0.4) is 0 Å². The molecular formula is C14H26N2. The highest BCUT2D eigenvalue weighted by atomic mass is 15.0. The van der Waals surface area contributed by atoms with Gasteiger partial charge in [0.25, 0.3) is 0 Å². The van der Waals surface area contributed by atoms with Gasteiger partial charge in [0.2, 0.25) is 0 Å². The zero-order valence-corrected chi connectivity index (χ0v) is 10.7. The largest absolute Gasteiger partial charge is 0.373 e. The highest BCUT2D eigenvalue weighted by Crippen LogP contribution is 2.40. The zero-order chi connectivity index (χ0) is 11.3. The molecule has 1 heterocycles. The standard InChI is InChI=1S/C14H26N2/c1-2-14(9-5-6-10-14)12-16-13-8-4-3-7-11-15-13/h2-12H2,1H3,(H,15,16). The fourth-order valence-corrected chi connectivity index (χ4v) is 3.09. The molecule has 2 aliphatic rings. The second kappa shape index (κ2) is 5.70. The fourth-order valence-electron chi connectivity index (χ4n) is 3.09. The molecule has 0 aromatic rings. The molecular weight excluding hydrogens is 196 g/mol. The van der Waals surface area contributed by atoms with E-state index in [1.165, 1.54) is 70.2 Å². The molecule has 16 heavy (non-hydrogen) atoms. The molecule has 0 aromatic heterocycles. The molecule has 1 aliphatic heterocycles. The van der Waals surface area contributed by atoms with E-state index in [4.69, 9.17) is 0 Å². The van der Waals surface area contributed by atoms with Crippen LogP contribution in [-0.4, -0.2) is 18.9 Å². The summed E-state index contributed by atoms with van der Waals surface area (Å²) in [5, 5.41) is 3.65. The van der Waals surface area contributed by atoms with Crippen molar-refractivity contribution in [2.75, 3.05) is 13.1 Å². The molecule has 0 amide bonds. The van der Waals surface area contributed by atoms with Crippen molar-refractivity contribution in [3.05, 3.63) is 0 Å². The van der Waals surface area contributed by atoms with Crippen LogP contribution in [0.2, 0.25) is 0 Å². The summed E-state index contributed by atoms with van der Waals surface area (Å²) in [5.74, 6) is 1.29. The molecule has 1 aliphatic carbocycles. The number of nitrogens with one attached hydrogen (secondary N) is 1. The molecule has 1 N–H and O–H groups in total. The van der Waals surface area contributed by atoms with E-state index in [0.29, 0.717) is 5.41 Å². The lowest BCUT2D eigenvalue weighted by molar-refractivity contribution is 0.284. The summed E-state index contributed by atoms with van der Waals surface area (Å²) < 4.78 is 0. The van der Waals surface area contributed by atoms with Gasteiger partial charge in [0, 0.05) is 19.5 Å². The highest BCUT2D eigenvalue weighted by molar-refractivity contribution is 5.82. The Hall–Kier alpha value is -0.530. The van der Waals surface area contributed by atoms with Crippen molar-refractivity contribution in [2.24, 2.45) is 10.4 Å². The van der Waals surface area contributed by atoms with Crippen molar-refractivity contribution in [2.45, 2.75) is 64.7 Å². The first-order valence-electron chi connectivity index (χ1n) is 7.12. The average molecular weight is 222 g/mol. The maximum absolute atomic E-state index is 4.66. The van der Waals surface area contributed by atoms with E-state index in [1.54, 1.807) is 0 Å². The Balaban J connectivity index is 1.82. The van der Waals surface area contributed by atoms with E-state index in [0.717, 1.165) is 6.54 Å². The van der Waals surface area contributed by atoms with Crippen molar-refractivity contribution in [1.82, 2.24) is 5.32 Å². The molecule has 2 heteroatoms. The minimum atomic E-state index is 0.592. The SMILES string of the molecule is CCC1(CNC2=NCCCCC2)CCCC1. The van der Waals surface area contributed by atoms with Crippen molar-refractivity contribution < 1.29 is 0 Å².